The first-order valence-electron chi connectivity index (χ1n) is 16.4. The standard InChI is InChI=1S/C11H17FN2O5.C11H15FN2O5.C9H17FO2/c2*1-11(5-16)6(4-15)19-9(8(11)12)14-3-2-7(17)13-10(14)18;1-4-6-9(3,5-2)7(10)8(11)12-6/h6,8-9,15-16H,2-5H2,1H3,(H,13,17,18);2-3,6,8-9,15-16H,4-5H2,1H3,(H,13,17,18);6-8,11H,4-5H2,1-3H3/t6-,8-,9-,11-;6-,8-,9+,11-;6-,7-,8?,9-/m111/s1. The van der Waals surface area contributed by atoms with E-state index in [1.807, 2.05) is 25.8 Å². The van der Waals surface area contributed by atoms with Gasteiger partial charge in [-0.15, -0.1) is 0 Å². The van der Waals surface area contributed by atoms with Crippen LogP contribution in [-0.4, -0.2) is 134 Å². The topological polar surface area (TPSA) is 233 Å². The Bertz CT molecular complexity index is 1440. The van der Waals surface area contributed by atoms with E-state index in [1.54, 1.807) is 0 Å². The number of ether oxygens (including phenoxy) is 3. The van der Waals surface area contributed by atoms with Gasteiger partial charge < -0.3 is 39.7 Å². The molecular weight excluding hydrogens is 677 g/mol. The van der Waals surface area contributed by atoms with Crippen LogP contribution < -0.4 is 16.6 Å². The Balaban J connectivity index is 0.000000209. The van der Waals surface area contributed by atoms with Gasteiger partial charge >= 0.3 is 11.7 Å². The lowest BCUT2D eigenvalue weighted by molar-refractivity contribution is -0.124. The summed E-state index contributed by atoms with van der Waals surface area (Å²) < 4.78 is 58.9. The van der Waals surface area contributed by atoms with Crippen molar-refractivity contribution in [3.05, 3.63) is 33.1 Å². The Labute approximate surface area is 286 Å². The van der Waals surface area contributed by atoms with E-state index in [2.05, 4.69) is 5.32 Å². The summed E-state index contributed by atoms with van der Waals surface area (Å²) in [6, 6.07) is 0.350. The molecule has 12 atom stereocenters. The molecular formula is C31H49F3N4O12. The minimum Gasteiger partial charge on any atom is -0.396 e. The number of hydrogen-bond donors (Lipinski definition) is 7. The molecule has 3 amide bonds. The summed E-state index contributed by atoms with van der Waals surface area (Å²) in [6.07, 6.45) is -7.65. The summed E-state index contributed by atoms with van der Waals surface area (Å²) in [6.45, 7) is 6.66. The lowest BCUT2D eigenvalue weighted by Gasteiger charge is -2.33. The molecule has 0 spiro atoms. The lowest BCUT2D eigenvalue weighted by atomic mass is 9.78. The first-order valence-corrected chi connectivity index (χ1v) is 16.4. The summed E-state index contributed by atoms with van der Waals surface area (Å²) in [5, 5.41) is 48.2. The highest BCUT2D eigenvalue weighted by atomic mass is 19.1. The lowest BCUT2D eigenvalue weighted by Crippen LogP contribution is -2.56. The van der Waals surface area contributed by atoms with E-state index in [0.29, 0.717) is 6.42 Å². The number of urea groups is 1. The van der Waals surface area contributed by atoms with Crippen molar-refractivity contribution in [3.8, 4) is 0 Å². The number of imide groups is 1. The molecule has 4 aliphatic rings. The first kappa shape index (κ1) is 41.5. The molecule has 19 heteroatoms. The predicted octanol–water partition coefficient (Wildman–Crippen LogP) is -0.387. The number of aliphatic hydroxyl groups excluding tert-OH is 5. The molecule has 0 saturated carbocycles. The number of aromatic nitrogens is 2. The molecule has 5 heterocycles. The average Bonchev–Trinajstić information content (AvgIpc) is 3.60. The second-order valence-electron chi connectivity index (χ2n) is 13.5. The average molecular weight is 727 g/mol. The van der Waals surface area contributed by atoms with Crippen molar-refractivity contribution in [3.63, 3.8) is 0 Å². The van der Waals surface area contributed by atoms with Crippen LogP contribution in [0.2, 0.25) is 0 Å². The SMILES string of the molecule is CC[C@H]1OC(O)[C@@H](F)[C@]1(C)CC.C[C@]1(CO)[C@H](F)[C@@H](n2ccc(=O)[nH]c2=O)O[C@@H]1CO.C[C@]1(CO)[C@H](F)[C@H](N2CCC(=O)NC2=O)O[C@@H]1CO. The highest BCUT2D eigenvalue weighted by molar-refractivity contribution is 5.96. The summed E-state index contributed by atoms with van der Waals surface area (Å²) in [7, 11) is 0. The number of aromatic amines is 1. The molecule has 286 valence electrons. The van der Waals surface area contributed by atoms with Gasteiger partial charge in [0.05, 0.1) is 55.6 Å². The third-order valence-electron chi connectivity index (χ3n) is 10.4. The van der Waals surface area contributed by atoms with Crippen LogP contribution in [0.5, 0.6) is 0 Å². The number of nitrogens with zero attached hydrogens (tertiary/aromatic N) is 2. The Morgan fingerprint density at radius 3 is 1.78 bits per heavy atom. The van der Waals surface area contributed by atoms with Gasteiger partial charge in [-0.05, 0) is 12.8 Å². The molecule has 1 unspecified atom stereocenters. The number of carbonyl (C=O) groups excluding carboxylic acids is 2. The van der Waals surface area contributed by atoms with E-state index in [9.17, 15) is 52.8 Å². The number of hydrogen-bond acceptors (Lipinski definition) is 12. The van der Waals surface area contributed by atoms with E-state index >= 15 is 0 Å². The third kappa shape index (κ3) is 7.79. The first-order chi connectivity index (χ1) is 23.4. The van der Waals surface area contributed by atoms with Gasteiger partial charge in [0, 0.05) is 30.6 Å². The maximum absolute atomic E-state index is 14.4. The van der Waals surface area contributed by atoms with Gasteiger partial charge in [0.15, 0.2) is 37.3 Å². The van der Waals surface area contributed by atoms with Crippen molar-refractivity contribution in [2.45, 2.75) is 109 Å². The number of carbonyl (C=O) groups is 2. The minimum atomic E-state index is -1.70. The fourth-order valence-electron chi connectivity index (χ4n) is 6.44. The number of rotatable bonds is 8. The van der Waals surface area contributed by atoms with Crippen LogP contribution in [0.3, 0.4) is 0 Å². The quantitative estimate of drug-likeness (QED) is 0.182. The molecule has 4 saturated heterocycles. The minimum absolute atomic E-state index is 0.0510. The van der Waals surface area contributed by atoms with Crippen LogP contribution in [0.1, 0.15) is 60.1 Å². The largest absolute Gasteiger partial charge is 0.396 e. The smallest absolute Gasteiger partial charge is 0.330 e. The number of amides is 3. The van der Waals surface area contributed by atoms with Gasteiger partial charge in [0.1, 0.15) is 0 Å². The molecule has 4 fully saturated rings. The third-order valence-corrected chi connectivity index (χ3v) is 10.4. The van der Waals surface area contributed by atoms with E-state index in [1.165, 1.54) is 13.8 Å². The summed E-state index contributed by atoms with van der Waals surface area (Å²) in [5.41, 5.74) is -4.50. The van der Waals surface area contributed by atoms with Gasteiger partial charge in [-0.25, -0.2) is 22.8 Å². The molecule has 5 rings (SSSR count). The Morgan fingerprint density at radius 2 is 1.36 bits per heavy atom. The van der Waals surface area contributed by atoms with Crippen molar-refractivity contribution < 1.29 is 62.5 Å². The van der Waals surface area contributed by atoms with Crippen molar-refractivity contribution in [1.29, 1.82) is 0 Å². The van der Waals surface area contributed by atoms with Gasteiger partial charge in [0.25, 0.3) is 5.56 Å². The fourth-order valence-corrected chi connectivity index (χ4v) is 6.44. The zero-order chi connectivity index (χ0) is 37.8. The van der Waals surface area contributed by atoms with Crippen molar-refractivity contribution >= 4 is 11.9 Å². The molecule has 0 aromatic carbocycles. The highest BCUT2D eigenvalue weighted by Gasteiger charge is 2.57. The van der Waals surface area contributed by atoms with Crippen LogP contribution in [-0.2, 0) is 19.0 Å². The molecule has 1 aromatic rings. The second kappa shape index (κ2) is 16.6. The van der Waals surface area contributed by atoms with E-state index in [0.717, 1.165) is 28.2 Å². The summed E-state index contributed by atoms with van der Waals surface area (Å²) >= 11 is 0. The van der Waals surface area contributed by atoms with Crippen LogP contribution in [0.25, 0.3) is 0 Å². The number of halogens is 3. The molecule has 0 radical (unpaired) electrons. The van der Waals surface area contributed by atoms with E-state index in [4.69, 9.17) is 19.3 Å². The zero-order valence-corrected chi connectivity index (χ0v) is 28.6. The normalized spacial score (nSPS) is 39.8. The molecule has 7 N–H and O–H groups in total. The molecule has 0 aliphatic carbocycles. The zero-order valence-electron chi connectivity index (χ0n) is 28.6. The monoisotopic (exact) mass is 726 g/mol. The number of alkyl halides is 3. The van der Waals surface area contributed by atoms with Gasteiger partial charge in [-0.2, -0.15) is 0 Å². The van der Waals surface area contributed by atoms with Gasteiger partial charge in [-0.1, -0.05) is 34.6 Å². The van der Waals surface area contributed by atoms with Crippen LogP contribution in [0, 0.1) is 16.2 Å². The van der Waals surface area contributed by atoms with Crippen molar-refractivity contribution in [2.24, 2.45) is 16.2 Å². The van der Waals surface area contributed by atoms with E-state index < -0.39 is 115 Å². The van der Waals surface area contributed by atoms with Crippen LogP contribution in [0.4, 0.5) is 18.0 Å². The van der Waals surface area contributed by atoms with E-state index in [-0.39, 0.29) is 19.1 Å². The Kier molecular flexibility index (Phi) is 13.8. The summed E-state index contributed by atoms with van der Waals surface area (Å²) in [4.78, 5) is 48.3. The van der Waals surface area contributed by atoms with Crippen LogP contribution >= 0.6 is 0 Å². The second-order valence-corrected chi connectivity index (χ2v) is 13.5. The molecule has 1 aromatic heterocycles. The Morgan fingerprint density at radius 1 is 0.820 bits per heavy atom. The van der Waals surface area contributed by atoms with Crippen molar-refractivity contribution in [2.75, 3.05) is 33.0 Å². The molecule has 4 aliphatic heterocycles. The predicted molar refractivity (Wildman–Crippen MR) is 168 cm³/mol. The molecule has 50 heavy (non-hydrogen) atoms. The maximum atomic E-state index is 14.4. The highest BCUT2D eigenvalue weighted by Crippen LogP contribution is 2.45. The summed E-state index contributed by atoms with van der Waals surface area (Å²) in [5.74, 6) is -0.418. The maximum Gasteiger partial charge on any atom is 0.330 e. The number of nitrogens with one attached hydrogen (secondary N) is 2. The van der Waals surface area contributed by atoms with Crippen molar-refractivity contribution in [1.82, 2.24) is 19.8 Å². The molecule has 16 nitrogen and oxygen atoms in total. The number of H-pyrrole nitrogens is 1. The van der Waals surface area contributed by atoms with Gasteiger partial charge in [-0.3, -0.25) is 29.4 Å². The molecule has 0 bridgehead atoms. The fraction of sp³-hybridized carbons (Fsp3) is 0.806. The van der Waals surface area contributed by atoms with Gasteiger partial charge in [0.2, 0.25) is 5.91 Å². The number of aliphatic hydroxyl groups is 5. The van der Waals surface area contributed by atoms with Crippen LogP contribution in [0.15, 0.2) is 21.9 Å². The Hall–Kier alpha value is -2.91.